The molecule has 0 fully saturated rings. The van der Waals surface area contributed by atoms with Crippen LogP contribution in [0.15, 0.2) is 12.1 Å². The number of hydrogen-bond acceptors (Lipinski definition) is 3. The van der Waals surface area contributed by atoms with Gasteiger partial charge in [0.2, 0.25) is 0 Å². The van der Waals surface area contributed by atoms with Gasteiger partial charge in [0.25, 0.3) is 0 Å². The largest absolute Gasteiger partial charge is 0.481 e. The van der Waals surface area contributed by atoms with Crippen LogP contribution in [0.5, 0.6) is 0 Å². The van der Waals surface area contributed by atoms with Crippen LogP contribution < -0.4 is 0 Å². The molecule has 0 saturated heterocycles. The van der Waals surface area contributed by atoms with Crippen molar-refractivity contribution in [3.8, 4) is 6.07 Å². The molecular weight excluding hydrogens is 355 g/mol. The molecule has 0 aromatic heterocycles. The lowest BCUT2D eigenvalue weighted by Crippen LogP contribution is -2.18. The highest BCUT2D eigenvalue weighted by molar-refractivity contribution is 6.43. The molecule has 0 heterocycles. The zero-order valence-corrected chi connectivity index (χ0v) is 15.8. The molecule has 1 unspecified atom stereocenters. The Bertz CT molecular complexity index is 609. The molecule has 126 valence electrons. The van der Waals surface area contributed by atoms with E-state index in [1.807, 2.05) is 13.0 Å². The third-order valence-corrected chi connectivity index (χ3v) is 4.85. The molecule has 0 bridgehead atoms. The fourth-order valence-corrected chi connectivity index (χ4v) is 3.20. The van der Waals surface area contributed by atoms with Crippen LogP contribution in [-0.2, 0) is 10.2 Å². The Morgan fingerprint density at radius 3 is 2.52 bits per heavy atom. The second-order valence-corrected chi connectivity index (χ2v) is 6.88. The van der Waals surface area contributed by atoms with Crippen molar-refractivity contribution in [3.05, 3.63) is 33.3 Å². The highest BCUT2D eigenvalue weighted by Crippen LogP contribution is 2.40. The molecule has 3 nitrogen and oxygen atoms in total. The van der Waals surface area contributed by atoms with Crippen LogP contribution in [0, 0.1) is 16.7 Å². The molecule has 0 radical (unpaired) electrons. The maximum Gasteiger partial charge on any atom is 0.188 e. The maximum absolute atomic E-state index is 9.30. The van der Waals surface area contributed by atoms with Crippen LogP contribution in [0.4, 0.5) is 0 Å². The first-order chi connectivity index (χ1) is 10.8. The molecular formula is C17H21Cl3N2O. The lowest BCUT2D eigenvalue weighted by molar-refractivity contribution is 0.305. The molecule has 1 rings (SSSR count). The van der Waals surface area contributed by atoms with Gasteiger partial charge in [0, 0.05) is 5.88 Å². The maximum atomic E-state index is 9.30. The van der Waals surface area contributed by atoms with E-state index in [4.69, 9.17) is 44.9 Å². The van der Waals surface area contributed by atoms with E-state index in [0.717, 1.165) is 12.0 Å². The molecule has 1 atom stereocenters. The Morgan fingerprint density at radius 2 is 2.00 bits per heavy atom. The smallest absolute Gasteiger partial charge is 0.188 e. The molecule has 23 heavy (non-hydrogen) atoms. The van der Waals surface area contributed by atoms with Crippen molar-refractivity contribution in [3.63, 3.8) is 0 Å². The number of benzene rings is 1. The second-order valence-electron chi connectivity index (χ2n) is 5.75. The van der Waals surface area contributed by atoms with Crippen LogP contribution in [0.25, 0.3) is 0 Å². The van der Waals surface area contributed by atoms with Gasteiger partial charge in [-0.1, -0.05) is 35.3 Å². The molecule has 0 aliphatic rings. The summed E-state index contributed by atoms with van der Waals surface area (Å²) in [7, 11) is 0. The fourth-order valence-electron chi connectivity index (χ4n) is 2.34. The molecule has 1 aromatic carbocycles. The van der Waals surface area contributed by atoms with Gasteiger partial charge in [-0.15, -0.1) is 11.6 Å². The van der Waals surface area contributed by atoms with E-state index in [9.17, 15) is 5.26 Å². The van der Waals surface area contributed by atoms with Gasteiger partial charge in [0.1, 0.15) is 0 Å². The van der Waals surface area contributed by atoms with E-state index in [-0.39, 0.29) is 11.8 Å². The highest BCUT2D eigenvalue weighted by atomic mass is 35.5. The zero-order valence-electron chi connectivity index (χ0n) is 13.5. The number of halogens is 3. The minimum atomic E-state index is -0.738. The van der Waals surface area contributed by atoms with Gasteiger partial charge >= 0.3 is 0 Å². The van der Waals surface area contributed by atoms with Crippen molar-refractivity contribution in [2.45, 2.75) is 44.9 Å². The third kappa shape index (κ3) is 4.76. The summed E-state index contributed by atoms with van der Waals surface area (Å²) in [5.41, 5.74) is 0.672. The van der Waals surface area contributed by atoms with Gasteiger partial charge in [0.15, 0.2) is 5.90 Å². The predicted octanol–water partition coefficient (Wildman–Crippen LogP) is 5.91. The van der Waals surface area contributed by atoms with Crippen molar-refractivity contribution in [1.82, 2.24) is 0 Å². The Kier molecular flexibility index (Phi) is 7.67. The second kappa shape index (κ2) is 8.78. The van der Waals surface area contributed by atoms with E-state index in [0.29, 0.717) is 34.5 Å². The van der Waals surface area contributed by atoms with Crippen molar-refractivity contribution in [1.29, 1.82) is 10.7 Å². The van der Waals surface area contributed by atoms with Crippen LogP contribution >= 0.6 is 34.8 Å². The number of nitrogens with zero attached hydrogens (tertiary/aromatic N) is 1. The molecule has 0 aliphatic heterocycles. The van der Waals surface area contributed by atoms with E-state index in [2.05, 4.69) is 6.07 Å². The minimum Gasteiger partial charge on any atom is -0.481 e. The van der Waals surface area contributed by atoms with Crippen LogP contribution in [0.2, 0.25) is 10.0 Å². The number of nitriles is 1. The molecule has 1 N–H and O–H groups in total. The summed E-state index contributed by atoms with van der Waals surface area (Å²) in [5.74, 6) is 0.363. The lowest BCUT2D eigenvalue weighted by atomic mass is 9.84. The number of rotatable bonds is 7. The third-order valence-electron chi connectivity index (χ3n) is 3.68. The summed E-state index contributed by atoms with van der Waals surface area (Å²) in [4.78, 5) is 0. The van der Waals surface area contributed by atoms with Gasteiger partial charge in [-0.3, -0.25) is 5.41 Å². The molecule has 0 saturated carbocycles. The molecule has 0 amide bonds. The van der Waals surface area contributed by atoms with Crippen LogP contribution in [-0.4, -0.2) is 18.4 Å². The van der Waals surface area contributed by atoms with Gasteiger partial charge in [-0.25, -0.2) is 0 Å². The summed E-state index contributed by atoms with van der Waals surface area (Å²) in [6, 6.07) is 5.86. The highest BCUT2D eigenvalue weighted by Gasteiger charge is 2.28. The van der Waals surface area contributed by atoms with E-state index in [1.165, 1.54) is 0 Å². The molecule has 6 heteroatoms. The lowest BCUT2D eigenvalue weighted by Gasteiger charge is -2.23. The van der Waals surface area contributed by atoms with E-state index < -0.39 is 5.41 Å². The van der Waals surface area contributed by atoms with Gasteiger partial charge in [-0.2, -0.15) is 5.26 Å². The SMILES string of the molecule is CCOC(=N)C(CCCCl)c1ccc(C(C)(C)C#N)c(Cl)c1Cl. The summed E-state index contributed by atoms with van der Waals surface area (Å²) in [6.07, 6.45) is 1.39. The normalized spacial score (nSPS) is 12.6. The van der Waals surface area contributed by atoms with Gasteiger partial charge in [0.05, 0.1) is 34.1 Å². The van der Waals surface area contributed by atoms with Gasteiger partial charge < -0.3 is 4.74 Å². The summed E-state index contributed by atoms with van der Waals surface area (Å²) >= 11 is 18.6. The van der Waals surface area contributed by atoms with Crippen LogP contribution in [0.1, 0.15) is 50.7 Å². The molecule has 1 aromatic rings. The Hall–Kier alpha value is -0.950. The standard InChI is InChI=1S/C17H21Cl3N2O/c1-4-23-16(22)12(6-5-9-18)11-7-8-13(15(20)14(11)19)17(2,3)10-21/h7-8,12,22H,4-6,9H2,1-3H3. The fraction of sp³-hybridized carbons (Fsp3) is 0.529. The first-order valence-corrected chi connectivity index (χ1v) is 8.76. The summed E-state index contributed by atoms with van der Waals surface area (Å²) in [5, 5.41) is 18.1. The number of alkyl halides is 1. The average Bonchev–Trinajstić information content (AvgIpc) is 2.51. The van der Waals surface area contributed by atoms with Gasteiger partial charge in [-0.05, 0) is 44.7 Å². The number of hydrogen-bond donors (Lipinski definition) is 1. The summed E-state index contributed by atoms with van der Waals surface area (Å²) in [6.45, 7) is 5.83. The molecule has 0 aliphatic carbocycles. The van der Waals surface area contributed by atoms with Crippen molar-refractivity contribution < 1.29 is 4.74 Å². The minimum absolute atomic E-state index is 0.155. The summed E-state index contributed by atoms with van der Waals surface area (Å²) < 4.78 is 5.36. The van der Waals surface area contributed by atoms with Crippen molar-refractivity contribution >= 4 is 40.7 Å². The quantitative estimate of drug-likeness (QED) is 0.366. The monoisotopic (exact) mass is 374 g/mol. The van der Waals surface area contributed by atoms with E-state index >= 15 is 0 Å². The Balaban J connectivity index is 3.31. The first kappa shape index (κ1) is 20.1. The predicted molar refractivity (Wildman–Crippen MR) is 97.1 cm³/mol. The van der Waals surface area contributed by atoms with E-state index in [1.54, 1.807) is 19.9 Å². The first-order valence-electron chi connectivity index (χ1n) is 7.47. The zero-order chi connectivity index (χ0) is 17.6. The van der Waals surface area contributed by atoms with Crippen molar-refractivity contribution in [2.24, 2.45) is 0 Å². The topological polar surface area (TPSA) is 56.9 Å². The average molecular weight is 376 g/mol. The van der Waals surface area contributed by atoms with Crippen molar-refractivity contribution in [2.75, 3.05) is 12.5 Å². The molecule has 0 spiro atoms. The Labute approximate surface area is 153 Å². The Morgan fingerprint density at radius 1 is 1.35 bits per heavy atom. The van der Waals surface area contributed by atoms with Crippen LogP contribution in [0.3, 0.4) is 0 Å². The number of ether oxygens (including phenoxy) is 1. The number of nitrogens with one attached hydrogen (secondary N) is 1.